The number of carbonyl (C=O) groups is 1. The van der Waals surface area contributed by atoms with E-state index >= 15 is 0 Å². The molecule has 0 spiro atoms. The largest absolute Gasteiger partial charge is 0.351 e. The van der Waals surface area contributed by atoms with Crippen molar-refractivity contribution < 1.29 is 9.18 Å². The molecular weight excluding hydrogens is 407 g/mol. The molecule has 3 aromatic rings. The summed E-state index contributed by atoms with van der Waals surface area (Å²) in [7, 11) is 0. The van der Waals surface area contributed by atoms with Crippen LogP contribution in [0.5, 0.6) is 0 Å². The highest BCUT2D eigenvalue weighted by atomic mass is 32.2. The summed E-state index contributed by atoms with van der Waals surface area (Å²) < 4.78 is 16.2. The Morgan fingerprint density at radius 2 is 1.68 bits per heavy atom. The molecule has 1 aliphatic heterocycles. The first-order valence-corrected chi connectivity index (χ1v) is 11.3. The van der Waals surface area contributed by atoms with Crippen molar-refractivity contribution in [3.63, 3.8) is 0 Å². The molecule has 0 aromatic heterocycles. The van der Waals surface area contributed by atoms with Gasteiger partial charge < -0.3 is 5.32 Å². The molecule has 0 saturated carbocycles. The predicted molar refractivity (Wildman–Crippen MR) is 124 cm³/mol. The van der Waals surface area contributed by atoms with Crippen LogP contribution in [0, 0.1) is 26.6 Å². The molecule has 0 fully saturated rings. The van der Waals surface area contributed by atoms with Crippen LogP contribution in [0.4, 0.5) is 4.39 Å². The molecular formula is C26H27FN2OS. The Kier molecular flexibility index (Phi) is 6.44. The zero-order valence-corrected chi connectivity index (χ0v) is 18.9. The number of hydrogen-bond acceptors (Lipinski definition) is 3. The van der Waals surface area contributed by atoms with Crippen molar-refractivity contribution in [2.24, 2.45) is 0 Å². The number of hydrogen-bond donors (Lipinski definition) is 1. The molecule has 0 saturated heterocycles. The molecule has 3 aromatic carbocycles. The molecule has 1 N–H and O–H groups in total. The number of halogens is 1. The number of rotatable bonds is 5. The summed E-state index contributed by atoms with van der Waals surface area (Å²) in [4.78, 5) is 14.4. The third-order valence-corrected chi connectivity index (χ3v) is 7.18. The lowest BCUT2D eigenvalue weighted by atomic mass is 9.95. The van der Waals surface area contributed by atoms with Gasteiger partial charge in [0, 0.05) is 23.5 Å². The summed E-state index contributed by atoms with van der Waals surface area (Å²) in [6.07, 6.45) is 0.635. The number of benzene rings is 3. The van der Waals surface area contributed by atoms with Crippen LogP contribution in [0.1, 0.15) is 33.4 Å². The third kappa shape index (κ3) is 4.83. The van der Waals surface area contributed by atoms with Crippen LogP contribution < -0.4 is 5.32 Å². The Bertz CT molecular complexity index is 1090. The van der Waals surface area contributed by atoms with Crippen molar-refractivity contribution in [3.05, 3.63) is 99.9 Å². The fraction of sp³-hybridized carbons (Fsp3) is 0.269. The third-order valence-electron chi connectivity index (χ3n) is 5.73. The smallest absolute Gasteiger partial charge is 0.238 e. The van der Waals surface area contributed by atoms with E-state index in [1.807, 2.05) is 12.1 Å². The summed E-state index contributed by atoms with van der Waals surface area (Å²) in [5.41, 5.74) is 6.61. The van der Waals surface area contributed by atoms with Crippen LogP contribution in [-0.4, -0.2) is 16.3 Å². The van der Waals surface area contributed by atoms with Crippen LogP contribution in [-0.2, 0) is 24.3 Å². The van der Waals surface area contributed by atoms with E-state index in [4.69, 9.17) is 0 Å². The highest BCUT2D eigenvalue weighted by molar-refractivity contribution is 7.97. The van der Waals surface area contributed by atoms with E-state index in [1.165, 1.54) is 38.8 Å². The minimum atomic E-state index is -0.327. The van der Waals surface area contributed by atoms with Gasteiger partial charge in [0.2, 0.25) is 5.91 Å². The SMILES string of the molecule is Cc1cc(C)c(SN2Cc3ccccc3CC2C(=O)NCc2ccccc2F)c(C)c1. The Morgan fingerprint density at radius 3 is 2.39 bits per heavy atom. The summed E-state index contributed by atoms with van der Waals surface area (Å²) in [6, 6.07) is 18.9. The first kappa shape index (κ1) is 21.6. The maximum atomic E-state index is 14.0. The van der Waals surface area contributed by atoms with Gasteiger partial charge >= 0.3 is 0 Å². The summed E-state index contributed by atoms with van der Waals surface area (Å²) >= 11 is 1.65. The fourth-order valence-corrected chi connectivity index (χ4v) is 5.33. The summed E-state index contributed by atoms with van der Waals surface area (Å²) in [5, 5.41) is 2.96. The van der Waals surface area contributed by atoms with Crippen molar-refractivity contribution in [1.82, 2.24) is 9.62 Å². The minimum Gasteiger partial charge on any atom is -0.351 e. The van der Waals surface area contributed by atoms with Crippen LogP contribution in [0.3, 0.4) is 0 Å². The van der Waals surface area contributed by atoms with E-state index in [2.05, 4.69) is 54.7 Å². The van der Waals surface area contributed by atoms with Crippen molar-refractivity contribution in [2.45, 2.75) is 51.2 Å². The molecule has 0 bridgehead atoms. The van der Waals surface area contributed by atoms with Crippen LogP contribution in [0.25, 0.3) is 0 Å². The second kappa shape index (κ2) is 9.25. The fourth-order valence-electron chi connectivity index (χ4n) is 4.19. The molecule has 3 nitrogen and oxygen atoms in total. The average molecular weight is 435 g/mol. The van der Waals surface area contributed by atoms with Gasteiger partial charge in [0.1, 0.15) is 11.9 Å². The highest BCUT2D eigenvalue weighted by Gasteiger charge is 2.32. The van der Waals surface area contributed by atoms with Crippen molar-refractivity contribution >= 4 is 17.9 Å². The molecule has 1 unspecified atom stereocenters. The number of amides is 1. The molecule has 0 radical (unpaired) electrons. The van der Waals surface area contributed by atoms with Gasteiger partial charge in [-0.3, -0.25) is 4.79 Å². The maximum Gasteiger partial charge on any atom is 0.238 e. The Morgan fingerprint density at radius 1 is 1.03 bits per heavy atom. The highest BCUT2D eigenvalue weighted by Crippen LogP contribution is 2.36. The van der Waals surface area contributed by atoms with Gasteiger partial charge in [-0.1, -0.05) is 60.2 Å². The molecule has 1 amide bonds. The standard InChI is InChI=1S/C26H27FN2OS/c1-17-12-18(2)25(19(3)13-17)31-29-16-22-10-5-4-8-20(22)14-24(29)26(30)28-15-21-9-6-7-11-23(21)27/h4-13,24H,14-16H2,1-3H3,(H,28,30). The zero-order chi connectivity index (χ0) is 22.0. The molecule has 31 heavy (non-hydrogen) atoms. The van der Waals surface area contributed by atoms with Gasteiger partial charge in [0.25, 0.3) is 0 Å². The van der Waals surface area contributed by atoms with Gasteiger partial charge in [-0.25, -0.2) is 8.70 Å². The van der Waals surface area contributed by atoms with Crippen LogP contribution in [0.2, 0.25) is 0 Å². The Hall–Kier alpha value is -2.63. The topological polar surface area (TPSA) is 32.3 Å². The van der Waals surface area contributed by atoms with Crippen LogP contribution >= 0.6 is 11.9 Å². The monoisotopic (exact) mass is 434 g/mol. The van der Waals surface area contributed by atoms with Gasteiger partial charge in [-0.2, -0.15) is 0 Å². The van der Waals surface area contributed by atoms with Crippen molar-refractivity contribution in [1.29, 1.82) is 0 Å². The minimum absolute atomic E-state index is 0.0762. The zero-order valence-electron chi connectivity index (χ0n) is 18.1. The summed E-state index contributed by atoms with van der Waals surface area (Å²) in [6.45, 7) is 7.21. The second-order valence-corrected chi connectivity index (χ2v) is 9.25. The van der Waals surface area contributed by atoms with Crippen LogP contribution in [0.15, 0.2) is 65.6 Å². The molecule has 5 heteroatoms. The van der Waals surface area contributed by atoms with E-state index < -0.39 is 0 Å². The molecule has 1 aliphatic rings. The van der Waals surface area contributed by atoms with E-state index in [0.717, 1.165) is 0 Å². The number of carbonyl (C=O) groups excluding carboxylic acids is 1. The summed E-state index contributed by atoms with van der Waals surface area (Å²) in [5.74, 6) is -0.374. The molecule has 1 atom stereocenters. The second-order valence-electron chi connectivity index (χ2n) is 8.19. The lowest BCUT2D eigenvalue weighted by molar-refractivity contribution is -0.125. The van der Waals surface area contributed by atoms with E-state index in [1.54, 1.807) is 30.1 Å². The number of fused-ring (bicyclic) bond motifs is 1. The van der Waals surface area contributed by atoms with Gasteiger partial charge in [0.05, 0.1) is 0 Å². The quantitative estimate of drug-likeness (QED) is 0.538. The lowest BCUT2D eigenvalue weighted by Crippen LogP contribution is -2.47. The first-order valence-electron chi connectivity index (χ1n) is 10.5. The predicted octanol–water partition coefficient (Wildman–Crippen LogP) is 5.50. The number of nitrogens with zero attached hydrogens (tertiary/aromatic N) is 1. The Balaban J connectivity index is 1.58. The lowest BCUT2D eigenvalue weighted by Gasteiger charge is -2.35. The molecule has 4 rings (SSSR count). The van der Waals surface area contributed by atoms with Gasteiger partial charge in [-0.05, 0) is 67.5 Å². The van der Waals surface area contributed by atoms with E-state index in [-0.39, 0.29) is 24.3 Å². The molecule has 1 heterocycles. The van der Waals surface area contributed by atoms with E-state index in [0.29, 0.717) is 18.5 Å². The van der Waals surface area contributed by atoms with Crippen molar-refractivity contribution in [3.8, 4) is 0 Å². The number of nitrogens with one attached hydrogen (secondary N) is 1. The molecule has 0 aliphatic carbocycles. The average Bonchev–Trinajstić information content (AvgIpc) is 2.75. The van der Waals surface area contributed by atoms with Crippen molar-refractivity contribution in [2.75, 3.05) is 0 Å². The maximum absolute atomic E-state index is 14.0. The Labute approximate surface area is 187 Å². The molecule has 160 valence electrons. The number of aryl methyl sites for hydroxylation is 3. The van der Waals surface area contributed by atoms with Gasteiger partial charge in [0.15, 0.2) is 0 Å². The normalized spacial score (nSPS) is 16.1. The van der Waals surface area contributed by atoms with E-state index in [9.17, 15) is 9.18 Å². The van der Waals surface area contributed by atoms with Gasteiger partial charge in [-0.15, -0.1) is 0 Å². The first-order chi connectivity index (χ1) is 14.9.